The Hall–Kier alpha value is -1.03. The van der Waals surface area contributed by atoms with Gasteiger partial charge in [-0.3, -0.25) is 0 Å². The van der Waals surface area contributed by atoms with Crippen LogP contribution in [0.3, 0.4) is 0 Å². The second-order valence-corrected chi connectivity index (χ2v) is 4.87. The standard InChI is InChI=1S/C12H18O4/c1-12-7-8(6-11(14)15-2)16-10(12)5-3-4-9(12)13/h6,9-10,13H,3-5,7H2,1-2H3/b8-6+/t9-,10?,12+/m1/s1. The zero-order chi connectivity index (χ0) is 11.8. The molecule has 2 aliphatic rings. The van der Waals surface area contributed by atoms with Gasteiger partial charge >= 0.3 is 5.97 Å². The van der Waals surface area contributed by atoms with Crippen molar-refractivity contribution in [2.75, 3.05) is 7.11 Å². The maximum Gasteiger partial charge on any atom is 0.333 e. The molecule has 0 amide bonds. The van der Waals surface area contributed by atoms with Crippen molar-refractivity contribution in [3.63, 3.8) is 0 Å². The lowest BCUT2D eigenvalue weighted by Crippen LogP contribution is -2.42. The summed E-state index contributed by atoms with van der Waals surface area (Å²) >= 11 is 0. The van der Waals surface area contributed by atoms with Crippen LogP contribution in [0.25, 0.3) is 0 Å². The quantitative estimate of drug-likeness (QED) is 0.542. The third-order valence-electron chi connectivity index (χ3n) is 3.77. The Balaban J connectivity index is 2.15. The molecule has 0 radical (unpaired) electrons. The predicted octanol–water partition coefficient (Wildman–Crippen LogP) is 1.38. The Bertz CT molecular complexity index is 323. The predicted molar refractivity (Wildman–Crippen MR) is 57.6 cm³/mol. The second-order valence-electron chi connectivity index (χ2n) is 4.87. The van der Waals surface area contributed by atoms with E-state index in [9.17, 15) is 9.90 Å². The SMILES string of the molecule is COC(=O)/C=C1\C[C@]2(C)C(CCC[C@H]2O)O1. The number of allylic oxidation sites excluding steroid dienone is 1. The van der Waals surface area contributed by atoms with Crippen LogP contribution in [0.15, 0.2) is 11.8 Å². The maximum atomic E-state index is 11.1. The van der Waals surface area contributed by atoms with Crippen molar-refractivity contribution < 1.29 is 19.4 Å². The average Bonchev–Trinajstić information content (AvgIpc) is 2.57. The van der Waals surface area contributed by atoms with E-state index in [-0.39, 0.29) is 17.6 Å². The summed E-state index contributed by atoms with van der Waals surface area (Å²) in [5.74, 6) is 0.243. The molecule has 0 spiro atoms. The minimum atomic E-state index is -0.397. The van der Waals surface area contributed by atoms with Gasteiger partial charge in [0.1, 0.15) is 11.9 Å². The summed E-state index contributed by atoms with van der Waals surface area (Å²) in [6.07, 6.45) is 4.45. The molecule has 1 N–H and O–H groups in total. The zero-order valence-corrected chi connectivity index (χ0v) is 9.73. The fourth-order valence-corrected chi connectivity index (χ4v) is 2.67. The first-order chi connectivity index (χ1) is 7.56. The number of rotatable bonds is 1. The molecule has 0 bridgehead atoms. The number of ether oxygens (including phenoxy) is 2. The molecule has 1 saturated carbocycles. The van der Waals surface area contributed by atoms with Gasteiger partial charge in [-0.25, -0.2) is 4.79 Å². The van der Waals surface area contributed by atoms with E-state index in [0.717, 1.165) is 19.3 Å². The molecule has 1 aliphatic carbocycles. The molecule has 3 atom stereocenters. The van der Waals surface area contributed by atoms with Crippen LogP contribution in [0.2, 0.25) is 0 Å². The summed E-state index contributed by atoms with van der Waals surface area (Å²) in [5, 5.41) is 10.0. The van der Waals surface area contributed by atoms with Crippen molar-refractivity contribution in [3.05, 3.63) is 11.8 Å². The van der Waals surface area contributed by atoms with Gasteiger partial charge in [-0.15, -0.1) is 0 Å². The summed E-state index contributed by atoms with van der Waals surface area (Å²) < 4.78 is 10.3. The fraction of sp³-hybridized carbons (Fsp3) is 0.750. The molecule has 0 aromatic rings. The van der Waals surface area contributed by atoms with Crippen LogP contribution >= 0.6 is 0 Å². The van der Waals surface area contributed by atoms with E-state index < -0.39 is 5.97 Å². The van der Waals surface area contributed by atoms with Crippen LogP contribution in [0, 0.1) is 5.41 Å². The minimum absolute atomic E-state index is 0.0344. The van der Waals surface area contributed by atoms with Crippen LogP contribution in [0.5, 0.6) is 0 Å². The van der Waals surface area contributed by atoms with Gasteiger partial charge in [0, 0.05) is 11.8 Å². The average molecular weight is 226 g/mol. The van der Waals surface area contributed by atoms with E-state index in [1.54, 1.807) is 0 Å². The van der Waals surface area contributed by atoms with Crippen LogP contribution in [0.1, 0.15) is 32.6 Å². The number of hydrogen-bond donors (Lipinski definition) is 1. The van der Waals surface area contributed by atoms with Crippen molar-refractivity contribution in [2.45, 2.75) is 44.8 Å². The first-order valence-electron chi connectivity index (χ1n) is 5.69. The number of carbonyl (C=O) groups excluding carboxylic acids is 1. The molecule has 90 valence electrons. The molecule has 0 aromatic heterocycles. The Kier molecular flexibility index (Phi) is 2.93. The lowest BCUT2D eigenvalue weighted by Gasteiger charge is -2.38. The second kappa shape index (κ2) is 4.09. The number of fused-ring (bicyclic) bond motifs is 1. The fourth-order valence-electron chi connectivity index (χ4n) is 2.67. The third kappa shape index (κ3) is 1.82. The third-order valence-corrected chi connectivity index (χ3v) is 3.77. The molecule has 4 nitrogen and oxygen atoms in total. The number of methoxy groups -OCH3 is 1. The first kappa shape index (κ1) is 11.5. The van der Waals surface area contributed by atoms with Gasteiger partial charge in [-0.05, 0) is 19.3 Å². The van der Waals surface area contributed by atoms with E-state index >= 15 is 0 Å². The van der Waals surface area contributed by atoms with Crippen molar-refractivity contribution in [1.82, 2.24) is 0 Å². The highest BCUT2D eigenvalue weighted by atomic mass is 16.5. The summed E-state index contributed by atoms with van der Waals surface area (Å²) in [7, 11) is 1.35. The van der Waals surface area contributed by atoms with Crippen molar-refractivity contribution in [1.29, 1.82) is 0 Å². The van der Waals surface area contributed by atoms with Crippen molar-refractivity contribution in [3.8, 4) is 0 Å². The number of aliphatic hydroxyl groups excluding tert-OH is 1. The van der Waals surface area contributed by atoms with Gasteiger partial charge in [-0.2, -0.15) is 0 Å². The van der Waals surface area contributed by atoms with Crippen LogP contribution in [-0.2, 0) is 14.3 Å². The Morgan fingerprint density at radius 2 is 2.38 bits per heavy atom. The highest BCUT2D eigenvalue weighted by Crippen LogP contribution is 2.49. The van der Waals surface area contributed by atoms with Gasteiger partial charge in [0.15, 0.2) is 0 Å². The summed E-state index contributed by atoms with van der Waals surface area (Å²) in [6, 6.07) is 0. The largest absolute Gasteiger partial charge is 0.494 e. The van der Waals surface area contributed by atoms with E-state index in [2.05, 4.69) is 4.74 Å². The van der Waals surface area contributed by atoms with Gasteiger partial charge in [0.05, 0.1) is 19.3 Å². The summed E-state index contributed by atoms with van der Waals surface area (Å²) in [5.41, 5.74) is -0.238. The van der Waals surface area contributed by atoms with E-state index in [4.69, 9.17) is 4.74 Å². The summed E-state index contributed by atoms with van der Waals surface area (Å²) in [6.45, 7) is 2.03. The maximum absolute atomic E-state index is 11.1. The molecular weight excluding hydrogens is 208 g/mol. The molecule has 0 aromatic carbocycles. The number of carbonyl (C=O) groups is 1. The molecule has 4 heteroatoms. The topological polar surface area (TPSA) is 55.8 Å². The highest BCUT2D eigenvalue weighted by molar-refractivity contribution is 5.82. The van der Waals surface area contributed by atoms with Gasteiger partial charge in [0.25, 0.3) is 0 Å². The monoisotopic (exact) mass is 226 g/mol. The Labute approximate surface area is 95.2 Å². The highest BCUT2D eigenvalue weighted by Gasteiger charge is 2.50. The number of hydrogen-bond acceptors (Lipinski definition) is 4. The molecule has 16 heavy (non-hydrogen) atoms. The van der Waals surface area contributed by atoms with E-state index in [1.807, 2.05) is 6.92 Å². The lowest BCUT2D eigenvalue weighted by atomic mass is 9.70. The molecule has 2 rings (SSSR count). The van der Waals surface area contributed by atoms with Crippen LogP contribution in [0.4, 0.5) is 0 Å². The van der Waals surface area contributed by atoms with Crippen LogP contribution < -0.4 is 0 Å². The van der Waals surface area contributed by atoms with Crippen molar-refractivity contribution >= 4 is 5.97 Å². The molecular formula is C12H18O4. The molecule has 2 fully saturated rings. The smallest absolute Gasteiger partial charge is 0.333 e. The van der Waals surface area contributed by atoms with Crippen molar-refractivity contribution in [2.24, 2.45) is 5.41 Å². The van der Waals surface area contributed by atoms with Gasteiger partial charge < -0.3 is 14.6 Å². The van der Waals surface area contributed by atoms with Crippen LogP contribution in [-0.4, -0.2) is 30.4 Å². The molecule has 1 aliphatic heterocycles. The van der Waals surface area contributed by atoms with Gasteiger partial charge in [-0.1, -0.05) is 6.92 Å². The minimum Gasteiger partial charge on any atom is -0.494 e. The van der Waals surface area contributed by atoms with E-state index in [1.165, 1.54) is 13.2 Å². The Morgan fingerprint density at radius 3 is 3.00 bits per heavy atom. The zero-order valence-electron chi connectivity index (χ0n) is 9.73. The van der Waals surface area contributed by atoms with Gasteiger partial charge in [0.2, 0.25) is 0 Å². The van der Waals surface area contributed by atoms with E-state index in [0.29, 0.717) is 12.2 Å². The lowest BCUT2D eigenvalue weighted by molar-refractivity contribution is -0.135. The molecule has 1 heterocycles. The first-order valence-corrected chi connectivity index (χ1v) is 5.69. The molecule has 1 saturated heterocycles. The Morgan fingerprint density at radius 1 is 1.62 bits per heavy atom. The summed E-state index contributed by atoms with van der Waals surface area (Å²) in [4.78, 5) is 11.1. The number of aliphatic hydroxyl groups is 1. The molecule has 1 unspecified atom stereocenters. The normalized spacial score (nSPS) is 40.3. The number of esters is 1.